The number of piperidine rings is 1. The Morgan fingerprint density at radius 1 is 1.15 bits per heavy atom. The monoisotopic (exact) mass is 354 g/mol. The topological polar surface area (TPSA) is 86.6 Å². The summed E-state index contributed by atoms with van der Waals surface area (Å²) < 4.78 is 0. The van der Waals surface area contributed by atoms with Gasteiger partial charge in [-0.15, -0.1) is 0 Å². The zero-order valence-corrected chi connectivity index (χ0v) is 14.6. The van der Waals surface area contributed by atoms with Crippen LogP contribution >= 0.6 is 0 Å². The van der Waals surface area contributed by atoms with Crippen molar-refractivity contribution in [3.05, 3.63) is 36.2 Å². The molecule has 1 atom stereocenters. The molecule has 0 aliphatic carbocycles. The van der Waals surface area contributed by atoms with Gasteiger partial charge in [0.05, 0.1) is 23.8 Å². The number of aliphatic hydroxyl groups excluding tert-OH is 1. The maximum absolute atomic E-state index is 13.2. The lowest BCUT2D eigenvalue weighted by molar-refractivity contribution is -0.146. The quantitative estimate of drug-likeness (QED) is 0.896. The second-order valence-electron chi connectivity index (χ2n) is 6.96. The summed E-state index contributed by atoms with van der Waals surface area (Å²) in [5.74, 6) is -0.280. The minimum absolute atomic E-state index is 0.0441. The fourth-order valence-corrected chi connectivity index (χ4v) is 4.25. The van der Waals surface area contributed by atoms with E-state index in [0.717, 1.165) is 18.4 Å². The van der Waals surface area contributed by atoms with Gasteiger partial charge in [-0.3, -0.25) is 14.6 Å². The highest BCUT2D eigenvalue weighted by Crippen LogP contribution is 2.39. The third-order valence-corrected chi connectivity index (χ3v) is 5.48. The second kappa shape index (κ2) is 6.64. The molecule has 7 nitrogen and oxygen atoms in total. The number of fused-ring (bicyclic) bond motifs is 1. The van der Waals surface area contributed by atoms with Crippen molar-refractivity contribution >= 4 is 22.8 Å². The summed E-state index contributed by atoms with van der Waals surface area (Å²) in [4.78, 5) is 38.4. The Hall–Kier alpha value is -2.54. The predicted molar refractivity (Wildman–Crippen MR) is 95.4 cm³/mol. The van der Waals surface area contributed by atoms with E-state index in [2.05, 4.69) is 9.97 Å². The Kier molecular flexibility index (Phi) is 4.32. The highest BCUT2D eigenvalue weighted by molar-refractivity contribution is 5.99. The standard InChI is InChI=1S/C19H22N4O3/c24-12-11-22-9-3-7-19(18(22)26)8-4-10-23(19)17(25)16-13-20-14-5-1-2-6-15(14)21-16/h1-2,5-6,13,24H,3-4,7-12H2. The van der Waals surface area contributed by atoms with Crippen LogP contribution in [0.15, 0.2) is 30.5 Å². The molecule has 136 valence electrons. The van der Waals surface area contributed by atoms with Crippen LogP contribution in [-0.4, -0.2) is 68.5 Å². The minimum Gasteiger partial charge on any atom is -0.395 e. The maximum Gasteiger partial charge on any atom is 0.274 e. The molecule has 0 bridgehead atoms. The third kappa shape index (κ3) is 2.63. The van der Waals surface area contributed by atoms with Crippen molar-refractivity contribution in [3.8, 4) is 0 Å². The van der Waals surface area contributed by atoms with E-state index in [-0.39, 0.29) is 24.1 Å². The molecule has 2 aliphatic heterocycles. The number of likely N-dealkylation sites (tertiary alicyclic amines) is 2. The second-order valence-corrected chi connectivity index (χ2v) is 6.96. The van der Waals surface area contributed by atoms with Crippen LogP contribution in [0.25, 0.3) is 11.0 Å². The van der Waals surface area contributed by atoms with Crippen molar-refractivity contribution in [3.63, 3.8) is 0 Å². The summed E-state index contributed by atoms with van der Waals surface area (Å²) in [6.45, 7) is 1.44. The molecule has 4 rings (SSSR count). The van der Waals surface area contributed by atoms with Crippen LogP contribution in [0.3, 0.4) is 0 Å². The van der Waals surface area contributed by atoms with Crippen molar-refractivity contribution in [2.45, 2.75) is 31.2 Å². The van der Waals surface area contributed by atoms with E-state index in [9.17, 15) is 14.7 Å². The van der Waals surface area contributed by atoms with Crippen molar-refractivity contribution in [2.24, 2.45) is 0 Å². The van der Waals surface area contributed by atoms with Crippen molar-refractivity contribution in [1.82, 2.24) is 19.8 Å². The summed E-state index contributed by atoms with van der Waals surface area (Å²) in [5, 5.41) is 9.23. The molecule has 1 aromatic heterocycles. The first-order chi connectivity index (χ1) is 12.7. The number of β-amino-alcohol motifs (C(OH)–C–C–N with tert-alkyl or cyclic N) is 1. The molecule has 7 heteroatoms. The van der Waals surface area contributed by atoms with Gasteiger partial charge in [0, 0.05) is 19.6 Å². The SMILES string of the molecule is O=C(c1cnc2ccccc2n1)N1CCCC12CCCN(CCO)C2=O. The summed E-state index contributed by atoms with van der Waals surface area (Å²) in [5.41, 5.74) is 0.890. The summed E-state index contributed by atoms with van der Waals surface area (Å²) in [6.07, 6.45) is 4.46. The van der Waals surface area contributed by atoms with Crippen molar-refractivity contribution in [1.29, 1.82) is 0 Å². The van der Waals surface area contributed by atoms with Gasteiger partial charge in [0.1, 0.15) is 11.2 Å². The third-order valence-electron chi connectivity index (χ3n) is 5.48. The van der Waals surface area contributed by atoms with Gasteiger partial charge in [0.2, 0.25) is 5.91 Å². The first kappa shape index (κ1) is 16.9. The van der Waals surface area contributed by atoms with Crippen molar-refractivity contribution in [2.75, 3.05) is 26.2 Å². The first-order valence-electron chi connectivity index (χ1n) is 9.10. The largest absolute Gasteiger partial charge is 0.395 e. The Bertz CT molecular complexity index is 854. The fourth-order valence-electron chi connectivity index (χ4n) is 4.25. The van der Waals surface area contributed by atoms with Crippen LogP contribution in [0.1, 0.15) is 36.2 Å². The van der Waals surface area contributed by atoms with E-state index in [1.807, 2.05) is 24.3 Å². The summed E-state index contributed by atoms with van der Waals surface area (Å²) >= 11 is 0. The van der Waals surface area contributed by atoms with Gasteiger partial charge in [-0.05, 0) is 37.8 Å². The van der Waals surface area contributed by atoms with Gasteiger partial charge < -0.3 is 14.9 Å². The number of benzene rings is 1. The fraction of sp³-hybridized carbons (Fsp3) is 0.474. The number of aromatic nitrogens is 2. The predicted octanol–water partition coefficient (Wildman–Crippen LogP) is 1.22. The number of para-hydroxylation sites is 2. The molecule has 1 N–H and O–H groups in total. The Balaban J connectivity index is 1.66. The minimum atomic E-state index is -0.794. The number of carbonyl (C=O) groups excluding carboxylic acids is 2. The lowest BCUT2D eigenvalue weighted by Crippen LogP contribution is -2.61. The highest BCUT2D eigenvalue weighted by atomic mass is 16.3. The summed E-state index contributed by atoms with van der Waals surface area (Å²) in [7, 11) is 0. The molecule has 3 heterocycles. The zero-order chi connectivity index (χ0) is 18.1. The molecule has 2 aliphatic rings. The molecular weight excluding hydrogens is 332 g/mol. The Labute approximate surface area is 151 Å². The van der Waals surface area contributed by atoms with Gasteiger partial charge in [-0.2, -0.15) is 0 Å². The van der Waals surface area contributed by atoms with E-state index >= 15 is 0 Å². The molecule has 1 unspecified atom stereocenters. The number of carbonyl (C=O) groups is 2. The number of nitrogens with zero attached hydrogens (tertiary/aromatic N) is 4. The van der Waals surface area contributed by atoms with Crippen LogP contribution in [0.5, 0.6) is 0 Å². The average molecular weight is 354 g/mol. The lowest BCUT2D eigenvalue weighted by atomic mass is 9.85. The number of amides is 2. The van der Waals surface area contributed by atoms with E-state index in [1.54, 1.807) is 9.80 Å². The van der Waals surface area contributed by atoms with E-state index in [0.29, 0.717) is 38.0 Å². The van der Waals surface area contributed by atoms with E-state index < -0.39 is 5.54 Å². The Morgan fingerprint density at radius 3 is 2.65 bits per heavy atom. The number of aliphatic hydroxyl groups is 1. The molecular formula is C19H22N4O3. The normalized spacial score (nSPS) is 23.2. The lowest BCUT2D eigenvalue weighted by Gasteiger charge is -2.44. The smallest absolute Gasteiger partial charge is 0.274 e. The molecule has 1 spiro atoms. The van der Waals surface area contributed by atoms with E-state index in [4.69, 9.17) is 0 Å². The van der Waals surface area contributed by atoms with E-state index in [1.165, 1.54) is 6.20 Å². The van der Waals surface area contributed by atoms with Crippen molar-refractivity contribution < 1.29 is 14.7 Å². The highest BCUT2D eigenvalue weighted by Gasteiger charge is 2.52. The van der Waals surface area contributed by atoms with Gasteiger partial charge >= 0.3 is 0 Å². The molecule has 2 fully saturated rings. The molecule has 2 amide bonds. The van der Waals surface area contributed by atoms with Crippen LogP contribution in [0, 0.1) is 0 Å². The Morgan fingerprint density at radius 2 is 1.88 bits per heavy atom. The average Bonchev–Trinajstić information content (AvgIpc) is 3.09. The molecule has 26 heavy (non-hydrogen) atoms. The van der Waals surface area contributed by atoms with Gasteiger partial charge in [-0.1, -0.05) is 12.1 Å². The van der Waals surface area contributed by atoms with Gasteiger partial charge in [0.25, 0.3) is 5.91 Å². The molecule has 2 aromatic rings. The van der Waals surface area contributed by atoms with Crippen LogP contribution in [-0.2, 0) is 4.79 Å². The molecule has 0 radical (unpaired) electrons. The van der Waals surface area contributed by atoms with Crippen LogP contribution < -0.4 is 0 Å². The number of rotatable bonds is 3. The molecule has 1 aromatic carbocycles. The van der Waals surface area contributed by atoms with Crippen LogP contribution in [0.2, 0.25) is 0 Å². The number of hydrogen-bond donors (Lipinski definition) is 1. The zero-order valence-electron chi connectivity index (χ0n) is 14.6. The van der Waals surface area contributed by atoms with Gasteiger partial charge in [-0.25, -0.2) is 4.98 Å². The maximum atomic E-state index is 13.2. The first-order valence-corrected chi connectivity index (χ1v) is 9.10. The summed E-state index contributed by atoms with van der Waals surface area (Å²) in [6, 6.07) is 7.42. The van der Waals surface area contributed by atoms with Crippen LogP contribution in [0.4, 0.5) is 0 Å². The van der Waals surface area contributed by atoms with Gasteiger partial charge in [0.15, 0.2) is 0 Å². The molecule has 0 saturated carbocycles. The number of hydrogen-bond acceptors (Lipinski definition) is 5. The molecule has 2 saturated heterocycles.